The van der Waals surface area contributed by atoms with E-state index in [1.54, 1.807) is 37.3 Å². The first kappa shape index (κ1) is 19.8. The number of benzene rings is 3. The summed E-state index contributed by atoms with van der Waals surface area (Å²) >= 11 is -2.45. The zero-order chi connectivity index (χ0) is 21.4. The lowest BCUT2D eigenvalue weighted by Gasteiger charge is -2.17. The zero-order valence-electron chi connectivity index (χ0n) is 15.7. The van der Waals surface area contributed by atoms with Gasteiger partial charge in [-0.3, -0.25) is 4.79 Å². The van der Waals surface area contributed by atoms with Crippen LogP contribution in [0.5, 0.6) is 5.75 Å². The van der Waals surface area contributed by atoms with Gasteiger partial charge in [0.25, 0.3) is 0 Å². The van der Waals surface area contributed by atoms with E-state index in [0.717, 1.165) is 0 Å². The molecule has 8 heteroatoms. The highest BCUT2D eigenvalue weighted by molar-refractivity contribution is 7.79. The zero-order valence-corrected chi connectivity index (χ0v) is 16.6. The van der Waals surface area contributed by atoms with Crippen molar-refractivity contribution in [2.75, 3.05) is 6.61 Å². The number of hydrogen-bond acceptors (Lipinski definition) is 6. The Morgan fingerprint density at radius 2 is 1.87 bits per heavy atom. The summed E-state index contributed by atoms with van der Waals surface area (Å²) in [6, 6.07) is 13.6. The van der Waals surface area contributed by atoms with Crippen molar-refractivity contribution in [3.63, 3.8) is 0 Å². The molecule has 0 fully saturated rings. The van der Waals surface area contributed by atoms with Gasteiger partial charge in [-0.2, -0.15) is 0 Å². The van der Waals surface area contributed by atoms with E-state index in [2.05, 4.69) is 0 Å². The van der Waals surface area contributed by atoms with Crippen molar-refractivity contribution in [3.05, 3.63) is 70.4 Å². The van der Waals surface area contributed by atoms with Gasteiger partial charge in [0.05, 0.1) is 12.2 Å². The second kappa shape index (κ2) is 7.74. The van der Waals surface area contributed by atoms with Crippen molar-refractivity contribution in [1.29, 1.82) is 0 Å². The van der Waals surface area contributed by atoms with Gasteiger partial charge < -0.3 is 18.8 Å². The number of hydrogen-bond donors (Lipinski definition) is 2. The molecule has 0 bridgehead atoms. The maximum atomic E-state index is 12.6. The Labute approximate surface area is 173 Å². The van der Waals surface area contributed by atoms with Crippen LogP contribution in [0, 0.1) is 0 Å². The molecule has 0 saturated heterocycles. The van der Waals surface area contributed by atoms with E-state index < -0.39 is 22.8 Å². The van der Waals surface area contributed by atoms with Crippen LogP contribution in [0.25, 0.3) is 33.4 Å². The van der Waals surface area contributed by atoms with E-state index in [1.165, 1.54) is 24.3 Å². The van der Waals surface area contributed by atoms with Gasteiger partial charge in [-0.15, -0.1) is 0 Å². The van der Waals surface area contributed by atoms with E-state index in [0.29, 0.717) is 27.6 Å². The number of phenolic OH excluding ortho intramolecular Hbond substituents is 1. The molecule has 1 atom stereocenters. The summed E-state index contributed by atoms with van der Waals surface area (Å²) in [6.07, 6.45) is 0. The molecule has 1 unspecified atom stereocenters. The number of esters is 1. The minimum absolute atomic E-state index is 0.188. The van der Waals surface area contributed by atoms with E-state index in [-0.39, 0.29) is 28.3 Å². The Bertz CT molecular complexity index is 1340. The molecule has 4 rings (SSSR count). The topological polar surface area (TPSA) is 114 Å². The summed E-state index contributed by atoms with van der Waals surface area (Å²) in [6.45, 7) is 1.90. The molecule has 2 aromatic rings. The van der Waals surface area contributed by atoms with Crippen molar-refractivity contribution in [2.45, 2.75) is 11.8 Å². The minimum Gasteiger partial charge on any atom is -0.506 e. The third kappa shape index (κ3) is 3.36. The molecule has 1 aliphatic carbocycles. The average Bonchev–Trinajstić information content (AvgIpc) is 2.71. The molecular formula is C22H16O7S. The van der Waals surface area contributed by atoms with Gasteiger partial charge in [0, 0.05) is 28.6 Å². The lowest BCUT2D eigenvalue weighted by atomic mass is 9.91. The van der Waals surface area contributed by atoms with Gasteiger partial charge in [-0.05, 0) is 36.8 Å². The first-order valence-corrected chi connectivity index (χ1v) is 10.1. The van der Waals surface area contributed by atoms with E-state index in [1.807, 2.05) is 0 Å². The predicted octanol–water partition coefficient (Wildman–Crippen LogP) is 4.03. The van der Waals surface area contributed by atoms with E-state index in [9.17, 15) is 23.5 Å². The van der Waals surface area contributed by atoms with Gasteiger partial charge >= 0.3 is 5.97 Å². The molecule has 0 amide bonds. The molecule has 2 aromatic carbocycles. The lowest BCUT2D eigenvalue weighted by Crippen LogP contribution is -2.07. The van der Waals surface area contributed by atoms with Crippen LogP contribution in [0.3, 0.4) is 0 Å². The Hall–Kier alpha value is -3.49. The predicted molar refractivity (Wildman–Crippen MR) is 111 cm³/mol. The number of ether oxygens (including phenoxy) is 1. The molecule has 7 nitrogen and oxygen atoms in total. The third-order valence-electron chi connectivity index (χ3n) is 4.65. The van der Waals surface area contributed by atoms with Crippen LogP contribution >= 0.6 is 0 Å². The van der Waals surface area contributed by atoms with Crippen molar-refractivity contribution >= 4 is 28.0 Å². The van der Waals surface area contributed by atoms with E-state index >= 15 is 0 Å². The molecule has 2 aliphatic rings. The fraction of sp³-hybridized carbons (Fsp3) is 0.0909. The van der Waals surface area contributed by atoms with Crippen LogP contribution in [0.4, 0.5) is 0 Å². The Morgan fingerprint density at radius 3 is 2.60 bits per heavy atom. The Morgan fingerprint density at radius 1 is 1.10 bits per heavy atom. The van der Waals surface area contributed by atoms with Crippen LogP contribution < -0.4 is 5.43 Å². The van der Waals surface area contributed by atoms with Crippen molar-refractivity contribution in [3.8, 4) is 28.2 Å². The van der Waals surface area contributed by atoms with Gasteiger partial charge in [0.2, 0.25) is 0 Å². The fourth-order valence-electron chi connectivity index (χ4n) is 3.40. The molecule has 0 spiro atoms. The summed E-state index contributed by atoms with van der Waals surface area (Å²) in [4.78, 5) is 24.2. The maximum Gasteiger partial charge on any atom is 0.338 e. The normalized spacial score (nSPS) is 12.2. The third-order valence-corrected chi connectivity index (χ3v) is 5.36. The number of carbonyl (C=O) groups excluding carboxylic acids is 1. The van der Waals surface area contributed by atoms with Gasteiger partial charge in [0.1, 0.15) is 22.0 Å². The maximum absolute atomic E-state index is 12.6. The van der Waals surface area contributed by atoms with Crippen LogP contribution in [-0.2, 0) is 15.8 Å². The molecule has 1 heterocycles. The molecule has 30 heavy (non-hydrogen) atoms. The average molecular weight is 424 g/mol. The smallest absolute Gasteiger partial charge is 0.338 e. The lowest BCUT2D eigenvalue weighted by molar-refractivity contribution is 0.0527. The summed E-state index contributed by atoms with van der Waals surface area (Å²) in [5.74, 6) is -0.698. The largest absolute Gasteiger partial charge is 0.506 e. The van der Waals surface area contributed by atoms with Crippen molar-refractivity contribution in [2.24, 2.45) is 0 Å². The minimum atomic E-state index is -2.45. The molecule has 0 radical (unpaired) electrons. The molecule has 0 saturated carbocycles. The van der Waals surface area contributed by atoms with Crippen LogP contribution in [-0.4, -0.2) is 26.4 Å². The van der Waals surface area contributed by atoms with E-state index in [4.69, 9.17) is 9.15 Å². The molecule has 0 aromatic heterocycles. The number of rotatable bonds is 4. The van der Waals surface area contributed by atoms with Crippen LogP contribution in [0.15, 0.2) is 68.7 Å². The number of aromatic hydroxyl groups is 1. The SMILES string of the molecule is CCOC(=O)c1ccccc1-c1c2ccc(=O)cc-2oc2cc(O)c(S(=O)O)cc12. The summed E-state index contributed by atoms with van der Waals surface area (Å²) in [5, 5.41) is 10.5. The second-order valence-electron chi connectivity index (χ2n) is 6.47. The summed E-state index contributed by atoms with van der Waals surface area (Å²) < 4.78 is 32.2. The monoisotopic (exact) mass is 424 g/mol. The molecule has 152 valence electrons. The molecule has 1 aliphatic heterocycles. The first-order valence-electron chi connectivity index (χ1n) is 9.01. The molecular weight excluding hydrogens is 408 g/mol. The highest BCUT2D eigenvalue weighted by atomic mass is 32.2. The highest BCUT2D eigenvalue weighted by Crippen LogP contribution is 2.43. The van der Waals surface area contributed by atoms with Gasteiger partial charge in [0.15, 0.2) is 16.5 Å². The van der Waals surface area contributed by atoms with Gasteiger partial charge in [-0.25, -0.2) is 9.00 Å². The first-order chi connectivity index (χ1) is 14.4. The van der Waals surface area contributed by atoms with Crippen LogP contribution in [0.1, 0.15) is 17.3 Å². The Kier molecular flexibility index (Phi) is 5.11. The summed E-state index contributed by atoms with van der Waals surface area (Å²) in [7, 11) is 0. The standard InChI is InChI=1S/C22H16O7S/c1-2-28-22(25)14-6-4-3-5-13(14)21-15-8-7-12(23)9-18(15)29-19-11-17(24)20(30(26)27)10-16(19)21/h3-11,24H,2H2,1H3,(H,26,27). The van der Waals surface area contributed by atoms with Crippen molar-refractivity contribution < 1.29 is 27.8 Å². The quantitative estimate of drug-likeness (QED) is 0.289. The van der Waals surface area contributed by atoms with Crippen molar-refractivity contribution in [1.82, 2.24) is 0 Å². The summed E-state index contributed by atoms with van der Waals surface area (Å²) in [5.41, 5.74) is 1.75. The van der Waals surface area contributed by atoms with Crippen LogP contribution in [0.2, 0.25) is 0 Å². The number of fused-ring (bicyclic) bond motifs is 2. The Balaban J connectivity index is 2.17. The highest BCUT2D eigenvalue weighted by Gasteiger charge is 2.23. The van der Waals surface area contributed by atoms with Gasteiger partial charge in [-0.1, -0.05) is 18.2 Å². The molecule has 2 N–H and O–H groups in total. The number of phenols is 1. The second-order valence-corrected chi connectivity index (χ2v) is 7.40. The number of carbonyl (C=O) groups is 1. The fourth-order valence-corrected chi connectivity index (χ4v) is 3.86.